The van der Waals surface area contributed by atoms with Crippen LogP contribution in [0.2, 0.25) is 0 Å². The highest BCUT2D eigenvalue weighted by atomic mass is 16.2. The van der Waals surface area contributed by atoms with Gasteiger partial charge in [-0.25, -0.2) is 4.68 Å². The van der Waals surface area contributed by atoms with Crippen LogP contribution in [0.1, 0.15) is 56.2 Å². The number of aryl methyl sites for hydroxylation is 2. The maximum atomic E-state index is 12.4. The fourth-order valence-corrected chi connectivity index (χ4v) is 4.70. The van der Waals surface area contributed by atoms with E-state index in [1.807, 2.05) is 6.07 Å². The first-order valence-electron chi connectivity index (χ1n) is 10.3. The Balaban J connectivity index is 1.37. The molecule has 2 saturated heterocycles. The molecule has 0 bridgehead atoms. The number of nitrogens with zero attached hydrogens (tertiary/aromatic N) is 3. The molecule has 1 N–H and O–H groups in total. The molecule has 0 saturated carbocycles. The summed E-state index contributed by atoms with van der Waals surface area (Å²) in [4.78, 5) is 27.0. The van der Waals surface area contributed by atoms with Gasteiger partial charge in [-0.1, -0.05) is 0 Å². The van der Waals surface area contributed by atoms with Crippen LogP contribution in [0.25, 0.3) is 0 Å². The lowest BCUT2D eigenvalue weighted by molar-refractivity contribution is -0.126. The molecule has 6 nitrogen and oxygen atoms in total. The molecule has 6 heteroatoms. The van der Waals surface area contributed by atoms with Crippen LogP contribution in [0.4, 0.5) is 0 Å². The normalized spacial score (nSPS) is 25.4. The van der Waals surface area contributed by atoms with Gasteiger partial charge in [0.25, 0.3) is 5.56 Å². The molecule has 2 aliphatic heterocycles. The largest absolute Gasteiger partial charge is 0.355 e. The van der Waals surface area contributed by atoms with Crippen molar-refractivity contribution < 1.29 is 4.79 Å². The van der Waals surface area contributed by atoms with Crippen LogP contribution in [0, 0.1) is 5.92 Å². The number of amides is 1. The van der Waals surface area contributed by atoms with Gasteiger partial charge in [-0.15, -0.1) is 0 Å². The van der Waals surface area contributed by atoms with Crippen molar-refractivity contribution in [1.82, 2.24) is 20.0 Å². The lowest BCUT2D eigenvalue weighted by Gasteiger charge is -2.36. The predicted molar refractivity (Wildman–Crippen MR) is 100 cm³/mol. The first-order valence-corrected chi connectivity index (χ1v) is 10.3. The molecule has 1 atom stereocenters. The molecule has 0 radical (unpaired) electrons. The van der Waals surface area contributed by atoms with E-state index in [0.717, 1.165) is 82.4 Å². The number of carbonyl (C=O) groups excluding carboxylic acids is 1. The molecule has 0 spiro atoms. The second-order valence-corrected chi connectivity index (χ2v) is 8.13. The maximum absolute atomic E-state index is 12.4. The Kier molecular flexibility index (Phi) is 5.38. The van der Waals surface area contributed by atoms with Crippen molar-refractivity contribution in [1.29, 1.82) is 0 Å². The number of nitrogens with one attached hydrogen (secondary N) is 1. The van der Waals surface area contributed by atoms with E-state index >= 15 is 0 Å². The van der Waals surface area contributed by atoms with Gasteiger partial charge in [0, 0.05) is 19.2 Å². The van der Waals surface area contributed by atoms with Crippen LogP contribution in [0.3, 0.4) is 0 Å². The third-order valence-electron chi connectivity index (χ3n) is 6.30. The minimum atomic E-state index is 0.0445. The van der Waals surface area contributed by atoms with E-state index < -0.39 is 0 Å². The third-order valence-corrected chi connectivity index (χ3v) is 6.30. The first kappa shape index (κ1) is 17.7. The highest BCUT2D eigenvalue weighted by Gasteiger charge is 2.30. The van der Waals surface area contributed by atoms with E-state index in [1.165, 1.54) is 12.8 Å². The predicted octanol–water partition coefficient (Wildman–Crippen LogP) is 1.50. The van der Waals surface area contributed by atoms with Crippen molar-refractivity contribution in [2.45, 2.75) is 70.4 Å². The summed E-state index contributed by atoms with van der Waals surface area (Å²) in [5, 5.41) is 7.71. The Bertz CT molecular complexity index is 706. The van der Waals surface area contributed by atoms with E-state index in [-0.39, 0.29) is 17.5 Å². The first-order chi connectivity index (χ1) is 12.7. The standard InChI is InChI=1S/C20H30N4O2/c25-19-13-16-5-1-2-6-17(16)22-24(19)14-15-8-11-23(12-9-15)18-7-3-4-10-21-20(18)26/h13,15,18H,1-12,14H2,(H,21,26). The number of hydrogen-bond acceptors (Lipinski definition) is 4. The number of aromatic nitrogens is 2. The van der Waals surface area contributed by atoms with E-state index in [0.29, 0.717) is 5.92 Å². The quantitative estimate of drug-likeness (QED) is 0.889. The van der Waals surface area contributed by atoms with Crippen LogP contribution >= 0.6 is 0 Å². The van der Waals surface area contributed by atoms with Crippen molar-refractivity contribution in [3.63, 3.8) is 0 Å². The summed E-state index contributed by atoms with van der Waals surface area (Å²) >= 11 is 0. The molecule has 1 unspecified atom stereocenters. The molecular weight excluding hydrogens is 328 g/mol. The van der Waals surface area contributed by atoms with Gasteiger partial charge in [0.05, 0.1) is 11.7 Å². The number of piperidine rings is 1. The summed E-state index contributed by atoms with van der Waals surface area (Å²) in [7, 11) is 0. The second kappa shape index (κ2) is 7.91. The van der Waals surface area contributed by atoms with Crippen LogP contribution < -0.4 is 10.9 Å². The summed E-state index contributed by atoms with van der Waals surface area (Å²) in [6.07, 6.45) is 9.62. The Morgan fingerprint density at radius 1 is 1.04 bits per heavy atom. The second-order valence-electron chi connectivity index (χ2n) is 8.13. The van der Waals surface area contributed by atoms with Crippen molar-refractivity contribution in [2.75, 3.05) is 19.6 Å². The van der Waals surface area contributed by atoms with E-state index in [9.17, 15) is 9.59 Å². The molecule has 2 fully saturated rings. The van der Waals surface area contributed by atoms with Gasteiger partial charge in [0.2, 0.25) is 5.91 Å². The number of fused-ring (bicyclic) bond motifs is 1. The lowest BCUT2D eigenvalue weighted by atomic mass is 9.94. The summed E-state index contributed by atoms with van der Waals surface area (Å²) in [5.74, 6) is 0.681. The molecule has 1 amide bonds. The molecule has 1 aromatic rings. The van der Waals surface area contributed by atoms with Crippen molar-refractivity contribution >= 4 is 5.91 Å². The van der Waals surface area contributed by atoms with Gasteiger partial charge >= 0.3 is 0 Å². The summed E-state index contributed by atoms with van der Waals surface area (Å²) in [6, 6.07) is 1.86. The number of rotatable bonds is 3. The van der Waals surface area contributed by atoms with Crippen LogP contribution in [0.15, 0.2) is 10.9 Å². The van der Waals surface area contributed by atoms with Crippen LogP contribution in [-0.2, 0) is 24.2 Å². The lowest BCUT2D eigenvalue weighted by Crippen LogP contribution is -2.49. The molecule has 26 heavy (non-hydrogen) atoms. The fourth-order valence-electron chi connectivity index (χ4n) is 4.70. The Morgan fingerprint density at radius 3 is 2.69 bits per heavy atom. The monoisotopic (exact) mass is 358 g/mol. The molecule has 3 heterocycles. The van der Waals surface area contributed by atoms with Gasteiger partial charge in [-0.2, -0.15) is 5.10 Å². The topological polar surface area (TPSA) is 67.2 Å². The van der Waals surface area contributed by atoms with Gasteiger partial charge in [-0.3, -0.25) is 14.5 Å². The highest BCUT2D eigenvalue weighted by molar-refractivity contribution is 5.81. The fraction of sp³-hybridized carbons (Fsp3) is 0.750. The number of likely N-dealkylation sites (tertiary alicyclic amines) is 1. The van der Waals surface area contributed by atoms with Crippen molar-refractivity contribution in [2.24, 2.45) is 5.92 Å². The third kappa shape index (κ3) is 3.85. The SMILES string of the molecule is O=C1NCCCCC1N1CCC(Cn2nc3c(cc2=O)CCCC3)CC1. The Labute approximate surface area is 155 Å². The summed E-state index contributed by atoms with van der Waals surface area (Å²) < 4.78 is 1.70. The van der Waals surface area contributed by atoms with Gasteiger partial charge in [-0.05, 0) is 82.4 Å². The molecule has 4 rings (SSSR count). The minimum Gasteiger partial charge on any atom is -0.355 e. The van der Waals surface area contributed by atoms with Crippen molar-refractivity contribution in [3.8, 4) is 0 Å². The zero-order chi connectivity index (χ0) is 17.9. The molecule has 1 aliphatic carbocycles. The maximum Gasteiger partial charge on any atom is 0.267 e. The molecule has 142 valence electrons. The van der Waals surface area contributed by atoms with Gasteiger partial charge < -0.3 is 5.32 Å². The van der Waals surface area contributed by atoms with E-state index in [4.69, 9.17) is 0 Å². The summed E-state index contributed by atoms with van der Waals surface area (Å²) in [6.45, 7) is 3.43. The van der Waals surface area contributed by atoms with E-state index in [2.05, 4.69) is 15.3 Å². The van der Waals surface area contributed by atoms with Gasteiger partial charge in [0.1, 0.15) is 0 Å². The smallest absolute Gasteiger partial charge is 0.267 e. The highest BCUT2D eigenvalue weighted by Crippen LogP contribution is 2.23. The number of hydrogen-bond donors (Lipinski definition) is 1. The van der Waals surface area contributed by atoms with Crippen molar-refractivity contribution in [3.05, 3.63) is 27.7 Å². The minimum absolute atomic E-state index is 0.0445. The van der Waals surface area contributed by atoms with E-state index in [1.54, 1.807) is 4.68 Å². The zero-order valence-corrected chi connectivity index (χ0v) is 15.6. The average Bonchev–Trinajstić information content (AvgIpc) is 2.87. The summed E-state index contributed by atoms with van der Waals surface area (Å²) in [5.41, 5.74) is 2.34. The number of carbonyl (C=O) groups is 1. The Morgan fingerprint density at radius 2 is 1.85 bits per heavy atom. The molecule has 3 aliphatic rings. The molecule has 0 aromatic carbocycles. The molecular formula is C20H30N4O2. The molecule has 1 aromatic heterocycles. The average molecular weight is 358 g/mol. The zero-order valence-electron chi connectivity index (χ0n) is 15.6. The van der Waals surface area contributed by atoms with Crippen LogP contribution in [0.5, 0.6) is 0 Å². The van der Waals surface area contributed by atoms with Crippen LogP contribution in [-0.4, -0.2) is 46.3 Å². The Hall–Kier alpha value is -1.69. The van der Waals surface area contributed by atoms with Gasteiger partial charge in [0.15, 0.2) is 0 Å².